The van der Waals surface area contributed by atoms with Crippen LogP contribution in [-0.2, 0) is 20.7 Å². The van der Waals surface area contributed by atoms with Gasteiger partial charge in [0.2, 0.25) is 0 Å². The first-order valence-corrected chi connectivity index (χ1v) is 8.41. The van der Waals surface area contributed by atoms with E-state index >= 15 is 0 Å². The highest BCUT2D eigenvalue weighted by Crippen LogP contribution is 2.25. The van der Waals surface area contributed by atoms with Crippen molar-refractivity contribution in [3.63, 3.8) is 0 Å². The number of phenolic OH excluding ortho intramolecular Hbond substituents is 1. The molecule has 1 heterocycles. The number of furan rings is 1. The maximum absolute atomic E-state index is 11.9. The van der Waals surface area contributed by atoms with E-state index < -0.39 is 11.9 Å². The topological polar surface area (TPSA) is 98.0 Å². The van der Waals surface area contributed by atoms with Crippen molar-refractivity contribution in [3.05, 3.63) is 60.4 Å². The van der Waals surface area contributed by atoms with E-state index in [4.69, 9.17) is 13.9 Å². The third-order valence-electron chi connectivity index (χ3n) is 3.77. The van der Waals surface area contributed by atoms with Gasteiger partial charge in [0.05, 0.1) is 19.2 Å². The number of esters is 1. The van der Waals surface area contributed by atoms with E-state index in [1.54, 1.807) is 6.07 Å². The third kappa shape index (κ3) is 5.24. The van der Waals surface area contributed by atoms with Crippen LogP contribution in [0.3, 0.4) is 0 Å². The molecule has 7 heteroatoms. The fraction of sp³-hybridized carbons (Fsp3) is 0.200. The van der Waals surface area contributed by atoms with Crippen LogP contribution in [0.5, 0.6) is 11.5 Å². The Morgan fingerprint density at radius 2 is 1.93 bits per heavy atom. The van der Waals surface area contributed by atoms with Gasteiger partial charge in [0, 0.05) is 17.0 Å². The minimum absolute atomic E-state index is 0.0256. The second-order valence-corrected chi connectivity index (χ2v) is 5.79. The molecule has 0 saturated heterocycles. The molecule has 0 spiro atoms. The standard InChI is InChI=1S/C20H19NO6/c22-15-6-7-17-14(12-26-18(17)11-15)10-20(24)27-13-19(23)21-8-9-25-16-4-2-1-3-5-16/h1-7,11-12,22H,8-10,13H2,(H,21,23). The number of benzene rings is 2. The molecule has 0 aliphatic carbocycles. The van der Waals surface area contributed by atoms with Gasteiger partial charge in [0.1, 0.15) is 23.7 Å². The number of phenols is 1. The van der Waals surface area contributed by atoms with E-state index in [1.807, 2.05) is 30.3 Å². The summed E-state index contributed by atoms with van der Waals surface area (Å²) < 4.78 is 15.7. The van der Waals surface area contributed by atoms with Gasteiger partial charge >= 0.3 is 5.97 Å². The van der Waals surface area contributed by atoms with E-state index in [0.717, 1.165) is 5.75 Å². The van der Waals surface area contributed by atoms with Crippen molar-refractivity contribution in [3.8, 4) is 11.5 Å². The number of para-hydroxylation sites is 1. The summed E-state index contributed by atoms with van der Waals surface area (Å²) in [5.74, 6) is -0.138. The molecular formula is C20H19NO6. The Kier molecular flexibility index (Phi) is 5.94. The normalized spacial score (nSPS) is 10.5. The number of ether oxygens (including phenoxy) is 2. The zero-order valence-corrected chi connectivity index (χ0v) is 14.5. The quantitative estimate of drug-likeness (QED) is 0.467. The highest BCUT2D eigenvalue weighted by Gasteiger charge is 2.13. The number of rotatable bonds is 8. The Morgan fingerprint density at radius 1 is 1.11 bits per heavy atom. The Labute approximate surface area is 155 Å². The predicted octanol–water partition coefficient (Wildman–Crippen LogP) is 2.42. The SMILES string of the molecule is O=C(COC(=O)Cc1coc2cc(O)ccc12)NCCOc1ccccc1. The number of carbonyl (C=O) groups excluding carboxylic acids is 2. The molecule has 2 aromatic carbocycles. The molecule has 1 aromatic heterocycles. The van der Waals surface area contributed by atoms with E-state index in [-0.39, 0.29) is 18.8 Å². The first kappa shape index (κ1) is 18.3. The zero-order chi connectivity index (χ0) is 19.1. The van der Waals surface area contributed by atoms with E-state index in [0.29, 0.717) is 29.7 Å². The van der Waals surface area contributed by atoms with Gasteiger partial charge in [-0.25, -0.2) is 0 Å². The van der Waals surface area contributed by atoms with Crippen LogP contribution in [0.25, 0.3) is 11.0 Å². The predicted molar refractivity (Wildman–Crippen MR) is 97.5 cm³/mol. The molecule has 1 amide bonds. The number of carbonyl (C=O) groups is 2. The van der Waals surface area contributed by atoms with Gasteiger partial charge in [0.15, 0.2) is 6.61 Å². The van der Waals surface area contributed by atoms with Crippen molar-refractivity contribution in [2.75, 3.05) is 19.8 Å². The zero-order valence-electron chi connectivity index (χ0n) is 14.5. The fourth-order valence-corrected chi connectivity index (χ4v) is 2.49. The summed E-state index contributed by atoms with van der Waals surface area (Å²) in [6.45, 7) is 0.263. The summed E-state index contributed by atoms with van der Waals surface area (Å²) >= 11 is 0. The molecule has 0 aliphatic heterocycles. The molecule has 0 radical (unpaired) electrons. The second kappa shape index (κ2) is 8.75. The van der Waals surface area contributed by atoms with Gasteiger partial charge in [-0.1, -0.05) is 18.2 Å². The molecule has 0 bridgehead atoms. The molecule has 0 fully saturated rings. The van der Waals surface area contributed by atoms with Gasteiger partial charge in [0.25, 0.3) is 5.91 Å². The summed E-state index contributed by atoms with van der Waals surface area (Å²) in [5.41, 5.74) is 1.11. The molecule has 140 valence electrons. The summed E-state index contributed by atoms with van der Waals surface area (Å²) in [7, 11) is 0. The lowest BCUT2D eigenvalue weighted by Crippen LogP contribution is -2.32. The monoisotopic (exact) mass is 369 g/mol. The summed E-state index contributed by atoms with van der Waals surface area (Å²) in [4.78, 5) is 23.6. The largest absolute Gasteiger partial charge is 0.508 e. The summed E-state index contributed by atoms with van der Waals surface area (Å²) in [6, 6.07) is 13.9. The molecule has 0 atom stereocenters. The lowest BCUT2D eigenvalue weighted by atomic mass is 10.1. The van der Waals surface area contributed by atoms with Crippen LogP contribution in [0, 0.1) is 0 Å². The molecule has 7 nitrogen and oxygen atoms in total. The van der Waals surface area contributed by atoms with Crippen LogP contribution in [0.2, 0.25) is 0 Å². The maximum atomic E-state index is 11.9. The van der Waals surface area contributed by atoms with E-state index in [9.17, 15) is 14.7 Å². The van der Waals surface area contributed by atoms with Crippen LogP contribution in [0.1, 0.15) is 5.56 Å². The van der Waals surface area contributed by atoms with Gasteiger partial charge in [-0.05, 0) is 24.3 Å². The molecular weight excluding hydrogens is 350 g/mol. The Bertz CT molecular complexity index is 919. The van der Waals surface area contributed by atoms with Crippen LogP contribution in [0.4, 0.5) is 0 Å². The molecule has 3 rings (SSSR count). The molecule has 0 saturated carbocycles. The summed E-state index contributed by atoms with van der Waals surface area (Å²) in [6.07, 6.45) is 1.41. The lowest BCUT2D eigenvalue weighted by molar-refractivity contribution is -0.147. The van der Waals surface area contributed by atoms with Crippen molar-refractivity contribution >= 4 is 22.8 Å². The highest BCUT2D eigenvalue weighted by molar-refractivity contribution is 5.87. The van der Waals surface area contributed by atoms with Gasteiger partial charge in [-0.15, -0.1) is 0 Å². The second-order valence-electron chi connectivity index (χ2n) is 5.79. The molecule has 2 N–H and O–H groups in total. The van der Waals surface area contributed by atoms with E-state index in [1.165, 1.54) is 18.4 Å². The Hall–Kier alpha value is -3.48. The van der Waals surface area contributed by atoms with Crippen molar-refractivity contribution in [2.45, 2.75) is 6.42 Å². The number of hydrogen-bond donors (Lipinski definition) is 2. The highest BCUT2D eigenvalue weighted by atomic mass is 16.5. The molecule has 0 aliphatic rings. The number of nitrogens with one attached hydrogen (secondary N) is 1. The minimum Gasteiger partial charge on any atom is -0.508 e. The maximum Gasteiger partial charge on any atom is 0.310 e. The van der Waals surface area contributed by atoms with Crippen LogP contribution >= 0.6 is 0 Å². The van der Waals surface area contributed by atoms with Gasteiger partial charge in [-0.3, -0.25) is 9.59 Å². The number of fused-ring (bicyclic) bond motifs is 1. The van der Waals surface area contributed by atoms with Crippen molar-refractivity contribution in [1.82, 2.24) is 5.32 Å². The van der Waals surface area contributed by atoms with Crippen LogP contribution < -0.4 is 10.1 Å². The average molecular weight is 369 g/mol. The van der Waals surface area contributed by atoms with Gasteiger partial charge in [-0.2, -0.15) is 0 Å². The Balaban J connectivity index is 1.37. The molecule has 3 aromatic rings. The lowest BCUT2D eigenvalue weighted by Gasteiger charge is -2.08. The van der Waals surface area contributed by atoms with E-state index in [2.05, 4.69) is 5.32 Å². The number of aromatic hydroxyl groups is 1. The van der Waals surface area contributed by atoms with Crippen molar-refractivity contribution < 1.29 is 28.6 Å². The van der Waals surface area contributed by atoms with Crippen molar-refractivity contribution in [2.24, 2.45) is 0 Å². The first-order valence-electron chi connectivity index (χ1n) is 8.41. The van der Waals surface area contributed by atoms with Crippen LogP contribution in [-0.4, -0.2) is 36.7 Å². The number of hydrogen-bond acceptors (Lipinski definition) is 6. The third-order valence-corrected chi connectivity index (χ3v) is 3.77. The summed E-state index contributed by atoms with van der Waals surface area (Å²) in [5, 5.41) is 12.7. The fourth-order valence-electron chi connectivity index (χ4n) is 2.49. The average Bonchev–Trinajstić information content (AvgIpc) is 3.06. The smallest absolute Gasteiger partial charge is 0.310 e. The van der Waals surface area contributed by atoms with Gasteiger partial charge < -0.3 is 24.3 Å². The van der Waals surface area contributed by atoms with Crippen LogP contribution in [0.15, 0.2) is 59.2 Å². The molecule has 27 heavy (non-hydrogen) atoms. The first-order chi connectivity index (χ1) is 13.1. The Morgan fingerprint density at radius 3 is 2.74 bits per heavy atom. The minimum atomic E-state index is -0.540. The van der Waals surface area contributed by atoms with Crippen molar-refractivity contribution in [1.29, 1.82) is 0 Å². The molecule has 0 unspecified atom stereocenters. The number of amides is 1.